The molecule has 1 saturated carbocycles. The van der Waals surface area contributed by atoms with Crippen molar-refractivity contribution in [1.29, 1.82) is 0 Å². The number of nitrogens with zero attached hydrogens (tertiary/aromatic N) is 1. The van der Waals surface area contributed by atoms with Gasteiger partial charge in [-0.05, 0) is 43.9 Å². The SMILES string of the molecule is CC(C)N(CC(=O)O)C(=O)C1CC1c1ccc(F)cc1. The molecule has 0 spiro atoms. The predicted molar refractivity (Wildman–Crippen MR) is 71.7 cm³/mol. The summed E-state index contributed by atoms with van der Waals surface area (Å²) in [4.78, 5) is 24.5. The van der Waals surface area contributed by atoms with E-state index in [2.05, 4.69) is 0 Å². The third-order valence-corrected chi connectivity index (χ3v) is 3.62. The van der Waals surface area contributed by atoms with Gasteiger partial charge in [-0.3, -0.25) is 9.59 Å². The van der Waals surface area contributed by atoms with Crippen molar-refractivity contribution in [3.63, 3.8) is 0 Å². The third kappa shape index (κ3) is 3.15. The van der Waals surface area contributed by atoms with E-state index in [0.717, 1.165) is 5.56 Å². The summed E-state index contributed by atoms with van der Waals surface area (Å²) in [5.74, 6) is -1.53. The van der Waals surface area contributed by atoms with Crippen LogP contribution in [0.5, 0.6) is 0 Å². The van der Waals surface area contributed by atoms with Crippen LogP contribution in [-0.4, -0.2) is 34.5 Å². The molecule has 1 amide bonds. The van der Waals surface area contributed by atoms with E-state index < -0.39 is 5.97 Å². The van der Waals surface area contributed by atoms with E-state index >= 15 is 0 Å². The zero-order valence-corrected chi connectivity index (χ0v) is 11.5. The van der Waals surface area contributed by atoms with Crippen molar-refractivity contribution in [2.24, 2.45) is 5.92 Å². The minimum atomic E-state index is -1.01. The van der Waals surface area contributed by atoms with Crippen LogP contribution < -0.4 is 0 Å². The lowest BCUT2D eigenvalue weighted by Gasteiger charge is -2.25. The van der Waals surface area contributed by atoms with E-state index in [0.29, 0.717) is 6.42 Å². The van der Waals surface area contributed by atoms with Crippen molar-refractivity contribution >= 4 is 11.9 Å². The molecule has 20 heavy (non-hydrogen) atoms. The predicted octanol–water partition coefficient (Wildman–Crippen LogP) is 2.25. The fourth-order valence-corrected chi connectivity index (χ4v) is 2.42. The quantitative estimate of drug-likeness (QED) is 0.899. The summed E-state index contributed by atoms with van der Waals surface area (Å²) in [7, 11) is 0. The first-order chi connectivity index (χ1) is 9.40. The van der Waals surface area contributed by atoms with Crippen LogP contribution in [-0.2, 0) is 9.59 Å². The van der Waals surface area contributed by atoms with Crippen molar-refractivity contribution in [1.82, 2.24) is 4.90 Å². The fraction of sp³-hybridized carbons (Fsp3) is 0.467. The van der Waals surface area contributed by atoms with Gasteiger partial charge in [0.15, 0.2) is 0 Å². The van der Waals surface area contributed by atoms with Gasteiger partial charge >= 0.3 is 5.97 Å². The summed E-state index contributed by atoms with van der Waals surface area (Å²) in [6.45, 7) is 3.33. The topological polar surface area (TPSA) is 57.6 Å². The van der Waals surface area contributed by atoms with Crippen molar-refractivity contribution in [2.45, 2.75) is 32.2 Å². The molecule has 0 aliphatic heterocycles. The van der Waals surface area contributed by atoms with E-state index in [9.17, 15) is 14.0 Å². The van der Waals surface area contributed by atoms with E-state index in [1.165, 1.54) is 17.0 Å². The lowest BCUT2D eigenvalue weighted by Crippen LogP contribution is -2.41. The highest BCUT2D eigenvalue weighted by atomic mass is 19.1. The lowest BCUT2D eigenvalue weighted by atomic mass is 10.1. The number of hydrogen-bond acceptors (Lipinski definition) is 2. The molecule has 0 radical (unpaired) electrons. The van der Waals surface area contributed by atoms with E-state index in [-0.39, 0.29) is 36.1 Å². The van der Waals surface area contributed by atoms with Gasteiger partial charge < -0.3 is 10.0 Å². The van der Waals surface area contributed by atoms with Gasteiger partial charge in [-0.15, -0.1) is 0 Å². The fourth-order valence-electron chi connectivity index (χ4n) is 2.42. The van der Waals surface area contributed by atoms with Crippen LogP contribution >= 0.6 is 0 Å². The number of halogens is 1. The molecule has 1 aromatic carbocycles. The van der Waals surface area contributed by atoms with Crippen molar-refractivity contribution < 1.29 is 19.1 Å². The number of aliphatic carboxylic acids is 1. The molecule has 2 rings (SSSR count). The largest absolute Gasteiger partial charge is 0.480 e. The Hall–Kier alpha value is -1.91. The molecule has 1 aromatic rings. The average molecular weight is 279 g/mol. The second-order valence-corrected chi connectivity index (χ2v) is 5.45. The zero-order valence-electron chi connectivity index (χ0n) is 11.5. The molecular weight excluding hydrogens is 261 g/mol. The smallest absolute Gasteiger partial charge is 0.323 e. The maximum Gasteiger partial charge on any atom is 0.323 e. The number of carboxylic acids is 1. The van der Waals surface area contributed by atoms with Crippen LogP contribution in [0.25, 0.3) is 0 Å². The molecule has 5 heteroatoms. The summed E-state index contributed by atoms with van der Waals surface area (Å²) in [6, 6.07) is 5.99. The first kappa shape index (κ1) is 14.5. The molecule has 0 saturated heterocycles. The van der Waals surface area contributed by atoms with Crippen LogP contribution in [0.4, 0.5) is 4.39 Å². The molecule has 108 valence electrons. The van der Waals surface area contributed by atoms with Crippen LogP contribution in [0.2, 0.25) is 0 Å². The maximum absolute atomic E-state index is 12.9. The van der Waals surface area contributed by atoms with E-state index in [1.54, 1.807) is 26.0 Å². The molecular formula is C15H18FNO3. The summed E-state index contributed by atoms with van der Waals surface area (Å²) in [5, 5.41) is 8.86. The van der Waals surface area contributed by atoms with Crippen molar-refractivity contribution in [3.05, 3.63) is 35.6 Å². The highest BCUT2D eigenvalue weighted by Crippen LogP contribution is 2.48. The summed E-state index contributed by atoms with van der Waals surface area (Å²) >= 11 is 0. The Bertz CT molecular complexity index is 512. The monoisotopic (exact) mass is 279 g/mol. The summed E-state index contributed by atoms with van der Waals surface area (Å²) < 4.78 is 12.9. The molecule has 1 N–H and O–H groups in total. The Labute approximate surface area is 117 Å². The standard InChI is InChI=1S/C15H18FNO3/c1-9(2)17(8-14(18)19)15(20)13-7-12(13)10-3-5-11(16)6-4-10/h3-6,9,12-13H,7-8H2,1-2H3,(H,18,19). The molecule has 0 bridgehead atoms. The zero-order chi connectivity index (χ0) is 14.9. The molecule has 1 fully saturated rings. The van der Waals surface area contributed by atoms with Gasteiger partial charge in [0, 0.05) is 12.0 Å². The highest BCUT2D eigenvalue weighted by Gasteiger charge is 2.46. The number of amides is 1. The second-order valence-electron chi connectivity index (χ2n) is 5.45. The normalized spacial score (nSPS) is 20.8. The number of carboxylic acid groups (broad SMARTS) is 1. The second kappa shape index (κ2) is 5.61. The molecule has 4 nitrogen and oxygen atoms in total. The van der Waals surface area contributed by atoms with Gasteiger partial charge in [0.05, 0.1) is 0 Å². The summed E-state index contributed by atoms with van der Waals surface area (Å²) in [5.41, 5.74) is 0.934. The van der Waals surface area contributed by atoms with Gasteiger partial charge in [0.25, 0.3) is 0 Å². The summed E-state index contributed by atoms with van der Waals surface area (Å²) in [6.07, 6.45) is 0.702. The van der Waals surface area contributed by atoms with Gasteiger partial charge in [0.1, 0.15) is 12.4 Å². The molecule has 0 aromatic heterocycles. The Balaban J connectivity index is 2.04. The highest BCUT2D eigenvalue weighted by molar-refractivity contribution is 5.86. The number of hydrogen-bond donors (Lipinski definition) is 1. The molecule has 1 aliphatic carbocycles. The third-order valence-electron chi connectivity index (χ3n) is 3.62. The lowest BCUT2D eigenvalue weighted by molar-refractivity contribution is -0.146. The van der Waals surface area contributed by atoms with E-state index in [4.69, 9.17) is 5.11 Å². The van der Waals surface area contributed by atoms with E-state index in [1.807, 2.05) is 0 Å². The molecule has 2 unspecified atom stereocenters. The minimum Gasteiger partial charge on any atom is -0.480 e. The van der Waals surface area contributed by atoms with Crippen molar-refractivity contribution in [2.75, 3.05) is 6.54 Å². The first-order valence-corrected chi connectivity index (χ1v) is 6.68. The van der Waals surface area contributed by atoms with Gasteiger partial charge in [0.2, 0.25) is 5.91 Å². The van der Waals surface area contributed by atoms with Gasteiger partial charge in [-0.25, -0.2) is 4.39 Å². The number of benzene rings is 1. The molecule has 2 atom stereocenters. The first-order valence-electron chi connectivity index (χ1n) is 6.68. The van der Waals surface area contributed by atoms with Gasteiger partial charge in [-0.1, -0.05) is 12.1 Å². The van der Waals surface area contributed by atoms with Crippen LogP contribution in [0.1, 0.15) is 31.7 Å². The number of carbonyl (C=O) groups excluding carboxylic acids is 1. The Morgan fingerprint density at radius 2 is 1.95 bits per heavy atom. The van der Waals surface area contributed by atoms with Crippen molar-refractivity contribution in [3.8, 4) is 0 Å². The van der Waals surface area contributed by atoms with Gasteiger partial charge in [-0.2, -0.15) is 0 Å². The van der Waals surface area contributed by atoms with Crippen LogP contribution in [0.15, 0.2) is 24.3 Å². The molecule has 1 aliphatic rings. The average Bonchev–Trinajstić information content (AvgIpc) is 3.16. The molecule has 0 heterocycles. The minimum absolute atomic E-state index is 0.0816. The maximum atomic E-state index is 12.9. The Morgan fingerprint density at radius 3 is 2.45 bits per heavy atom. The Morgan fingerprint density at radius 1 is 1.35 bits per heavy atom. The number of rotatable bonds is 5. The number of carbonyl (C=O) groups is 2. The van der Waals surface area contributed by atoms with Crippen LogP contribution in [0, 0.1) is 11.7 Å². The Kier molecular flexibility index (Phi) is 4.06. The van der Waals surface area contributed by atoms with Crippen LogP contribution in [0.3, 0.4) is 0 Å².